The predicted molar refractivity (Wildman–Crippen MR) is 69.0 cm³/mol. The lowest BCUT2D eigenvalue weighted by atomic mass is 9.69. The summed E-state index contributed by atoms with van der Waals surface area (Å²) < 4.78 is 0. The number of carbonyl (C=O) groups excluding carboxylic acids is 2. The highest BCUT2D eigenvalue weighted by atomic mass is 16.3. The van der Waals surface area contributed by atoms with Crippen LogP contribution in [0.1, 0.15) is 39.5 Å². The number of Topliss-reactive ketones (excluding diaryl/α,β-unsaturated/α-hetero) is 1. The van der Waals surface area contributed by atoms with E-state index in [4.69, 9.17) is 0 Å². The number of aliphatic hydroxyl groups excluding tert-OH is 1. The number of allylic oxidation sites excluding steroid dienone is 3. The molecule has 0 fully saturated rings. The van der Waals surface area contributed by atoms with E-state index in [1.165, 1.54) is 0 Å². The maximum atomic E-state index is 11.9. The molecule has 0 spiro atoms. The van der Waals surface area contributed by atoms with E-state index in [1.807, 2.05) is 6.08 Å². The Hall–Kier alpha value is -1.22. The van der Waals surface area contributed by atoms with Gasteiger partial charge in [0.1, 0.15) is 0 Å². The zero-order valence-corrected chi connectivity index (χ0v) is 11.0. The number of aliphatic hydroxyl groups is 1. The van der Waals surface area contributed by atoms with Crippen LogP contribution in [0.4, 0.5) is 0 Å². The molecule has 2 atom stereocenters. The molecule has 3 nitrogen and oxygen atoms in total. The van der Waals surface area contributed by atoms with Gasteiger partial charge < -0.3 is 5.11 Å². The first kappa shape index (κ1) is 13.2. The molecule has 2 aliphatic rings. The highest BCUT2D eigenvalue weighted by Crippen LogP contribution is 2.39. The van der Waals surface area contributed by atoms with Crippen molar-refractivity contribution in [3.63, 3.8) is 0 Å². The molecule has 98 valence electrons. The van der Waals surface area contributed by atoms with Crippen molar-refractivity contribution in [2.75, 3.05) is 0 Å². The van der Waals surface area contributed by atoms with Crippen LogP contribution >= 0.6 is 0 Å². The molecule has 0 aromatic rings. The lowest BCUT2D eigenvalue weighted by Gasteiger charge is -2.34. The summed E-state index contributed by atoms with van der Waals surface area (Å²) in [4.78, 5) is 23.5. The fourth-order valence-electron chi connectivity index (χ4n) is 2.88. The molecule has 0 saturated heterocycles. The summed E-state index contributed by atoms with van der Waals surface area (Å²) in [6.45, 7) is 4.19. The van der Waals surface area contributed by atoms with Crippen LogP contribution in [-0.2, 0) is 9.59 Å². The molecular formula is C15H20O3. The van der Waals surface area contributed by atoms with Gasteiger partial charge in [-0.05, 0) is 42.4 Å². The van der Waals surface area contributed by atoms with Gasteiger partial charge in [-0.2, -0.15) is 0 Å². The van der Waals surface area contributed by atoms with Crippen LogP contribution in [0.15, 0.2) is 23.8 Å². The third-order valence-corrected chi connectivity index (χ3v) is 4.06. The Kier molecular flexibility index (Phi) is 3.53. The molecule has 3 heteroatoms. The van der Waals surface area contributed by atoms with E-state index < -0.39 is 6.10 Å². The van der Waals surface area contributed by atoms with Crippen LogP contribution in [0.3, 0.4) is 0 Å². The Morgan fingerprint density at radius 3 is 2.67 bits per heavy atom. The van der Waals surface area contributed by atoms with Gasteiger partial charge in [-0.1, -0.05) is 19.9 Å². The molecule has 0 aromatic carbocycles. The van der Waals surface area contributed by atoms with Crippen LogP contribution in [0.25, 0.3) is 0 Å². The molecule has 0 aliphatic heterocycles. The number of rotatable bonds is 3. The first-order chi connectivity index (χ1) is 8.40. The number of hydrogen-bond acceptors (Lipinski definition) is 3. The normalized spacial score (nSPS) is 30.7. The first-order valence-corrected chi connectivity index (χ1v) is 6.52. The van der Waals surface area contributed by atoms with E-state index in [9.17, 15) is 14.7 Å². The summed E-state index contributed by atoms with van der Waals surface area (Å²) >= 11 is 0. The quantitative estimate of drug-likeness (QED) is 0.833. The fraction of sp³-hybridized carbons (Fsp3) is 0.600. The van der Waals surface area contributed by atoms with Crippen LogP contribution in [-0.4, -0.2) is 22.8 Å². The average Bonchev–Trinajstić information content (AvgIpc) is 2.56. The maximum absolute atomic E-state index is 11.9. The SMILES string of the molecule is CC1(C)CC=CC(=O)C1CCC1=CC(O)CC1=O. The Morgan fingerprint density at radius 1 is 1.39 bits per heavy atom. The molecule has 0 radical (unpaired) electrons. The van der Waals surface area contributed by atoms with Gasteiger partial charge in [0, 0.05) is 12.3 Å². The monoisotopic (exact) mass is 248 g/mol. The summed E-state index contributed by atoms with van der Waals surface area (Å²) in [5, 5.41) is 9.39. The Bertz CT molecular complexity index is 429. The Balaban J connectivity index is 2.01. The fourth-order valence-corrected chi connectivity index (χ4v) is 2.88. The summed E-state index contributed by atoms with van der Waals surface area (Å²) in [6.07, 6.45) is 7.01. The van der Waals surface area contributed by atoms with Gasteiger partial charge >= 0.3 is 0 Å². The second kappa shape index (κ2) is 4.81. The summed E-state index contributed by atoms with van der Waals surface area (Å²) in [6, 6.07) is 0. The number of ketones is 2. The molecule has 2 rings (SSSR count). The molecule has 18 heavy (non-hydrogen) atoms. The van der Waals surface area contributed by atoms with Gasteiger partial charge in [-0.3, -0.25) is 9.59 Å². The average molecular weight is 248 g/mol. The number of hydrogen-bond donors (Lipinski definition) is 1. The molecule has 1 N–H and O–H groups in total. The first-order valence-electron chi connectivity index (χ1n) is 6.52. The lowest BCUT2D eigenvalue weighted by molar-refractivity contribution is -0.123. The van der Waals surface area contributed by atoms with E-state index in [1.54, 1.807) is 12.2 Å². The van der Waals surface area contributed by atoms with Gasteiger partial charge in [0.2, 0.25) is 0 Å². The molecule has 2 aliphatic carbocycles. The minimum absolute atomic E-state index is 0.0195. The molecule has 0 heterocycles. The molecule has 0 amide bonds. The second-order valence-corrected chi connectivity index (χ2v) is 5.98. The topological polar surface area (TPSA) is 54.4 Å². The summed E-state index contributed by atoms with van der Waals surface area (Å²) in [7, 11) is 0. The van der Waals surface area contributed by atoms with Crippen molar-refractivity contribution in [2.45, 2.75) is 45.6 Å². The van der Waals surface area contributed by atoms with E-state index in [0.717, 1.165) is 6.42 Å². The van der Waals surface area contributed by atoms with Gasteiger partial charge in [-0.25, -0.2) is 0 Å². The standard InChI is InChI=1S/C15H20O3/c1-15(2)7-3-4-13(17)12(15)6-5-10-8-11(16)9-14(10)18/h3-4,8,11-12,16H,5-7,9H2,1-2H3. The molecule has 2 unspecified atom stereocenters. The third-order valence-electron chi connectivity index (χ3n) is 4.06. The Labute approximate surface area is 108 Å². The lowest BCUT2D eigenvalue weighted by Crippen LogP contribution is -2.32. The van der Waals surface area contributed by atoms with Crippen LogP contribution in [0, 0.1) is 11.3 Å². The molecule has 0 aromatic heterocycles. The van der Waals surface area contributed by atoms with Crippen molar-refractivity contribution in [2.24, 2.45) is 11.3 Å². The van der Waals surface area contributed by atoms with Crippen LogP contribution in [0.2, 0.25) is 0 Å². The minimum atomic E-state index is -0.623. The highest BCUT2D eigenvalue weighted by Gasteiger charge is 2.36. The molecule has 0 saturated carbocycles. The highest BCUT2D eigenvalue weighted by molar-refractivity contribution is 5.98. The van der Waals surface area contributed by atoms with Crippen molar-refractivity contribution < 1.29 is 14.7 Å². The predicted octanol–water partition coefficient (Wildman–Crippen LogP) is 2.20. The minimum Gasteiger partial charge on any atom is -0.389 e. The van der Waals surface area contributed by atoms with E-state index in [-0.39, 0.29) is 29.3 Å². The van der Waals surface area contributed by atoms with Gasteiger partial charge in [0.15, 0.2) is 11.6 Å². The summed E-state index contributed by atoms with van der Waals surface area (Å²) in [5.41, 5.74) is 0.660. The summed E-state index contributed by atoms with van der Waals surface area (Å²) in [5.74, 6) is 0.172. The third kappa shape index (κ3) is 2.61. The van der Waals surface area contributed by atoms with Gasteiger partial charge in [0.05, 0.1) is 6.10 Å². The van der Waals surface area contributed by atoms with Crippen LogP contribution in [0.5, 0.6) is 0 Å². The van der Waals surface area contributed by atoms with Crippen molar-refractivity contribution in [3.05, 3.63) is 23.8 Å². The van der Waals surface area contributed by atoms with Crippen molar-refractivity contribution in [1.82, 2.24) is 0 Å². The van der Waals surface area contributed by atoms with E-state index in [0.29, 0.717) is 18.4 Å². The number of carbonyl (C=O) groups is 2. The smallest absolute Gasteiger partial charge is 0.161 e. The maximum Gasteiger partial charge on any atom is 0.161 e. The second-order valence-electron chi connectivity index (χ2n) is 5.98. The van der Waals surface area contributed by atoms with Crippen molar-refractivity contribution in [3.8, 4) is 0 Å². The van der Waals surface area contributed by atoms with Crippen molar-refractivity contribution in [1.29, 1.82) is 0 Å². The zero-order chi connectivity index (χ0) is 13.3. The van der Waals surface area contributed by atoms with E-state index in [2.05, 4.69) is 13.8 Å². The van der Waals surface area contributed by atoms with E-state index >= 15 is 0 Å². The van der Waals surface area contributed by atoms with Crippen LogP contribution < -0.4 is 0 Å². The van der Waals surface area contributed by atoms with Crippen molar-refractivity contribution >= 4 is 11.6 Å². The Morgan fingerprint density at radius 2 is 2.11 bits per heavy atom. The van der Waals surface area contributed by atoms with Gasteiger partial charge in [-0.15, -0.1) is 0 Å². The van der Waals surface area contributed by atoms with Gasteiger partial charge in [0.25, 0.3) is 0 Å². The largest absolute Gasteiger partial charge is 0.389 e. The molecule has 0 bridgehead atoms. The molecular weight excluding hydrogens is 228 g/mol. The zero-order valence-electron chi connectivity index (χ0n) is 11.0.